The summed E-state index contributed by atoms with van der Waals surface area (Å²) in [5.74, 6) is -0.446. The second kappa shape index (κ2) is 9.86. The van der Waals surface area contributed by atoms with Crippen molar-refractivity contribution < 1.29 is 14.0 Å². The van der Waals surface area contributed by atoms with Crippen LogP contribution >= 0.6 is 0 Å². The van der Waals surface area contributed by atoms with Crippen molar-refractivity contribution in [3.8, 4) is 0 Å². The average Bonchev–Trinajstić information content (AvgIpc) is 2.74. The Hall–Kier alpha value is -3.16. The van der Waals surface area contributed by atoms with Gasteiger partial charge in [-0.05, 0) is 30.3 Å². The number of nitrogens with zero attached hydrogens (tertiary/aromatic N) is 3. The number of carbonyl (C=O) groups excluding carboxylic acids is 2. The second-order valence-electron chi connectivity index (χ2n) is 6.93. The lowest BCUT2D eigenvalue weighted by molar-refractivity contribution is -0.131. The molecular formula is C21H25FN4O3. The lowest BCUT2D eigenvalue weighted by atomic mass is 10.2. The van der Waals surface area contributed by atoms with Crippen molar-refractivity contribution in [2.24, 2.45) is 0 Å². The van der Waals surface area contributed by atoms with E-state index in [4.69, 9.17) is 0 Å². The van der Waals surface area contributed by atoms with Gasteiger partial charge in [-0.1, -0.05) is 6.07 Å². The van der Waals surface area contributed by atoms with Gasteiger partial charge in [0.2, 0.25) is 11.8 Å². The first-order valence-corrected chi connectivity index (χ1v) is 9.73. The zero-order valence-electron chi connectivity index (χ0n) is 16.2. The van der Waals surface area contributed by atoms with Gasteiger partial charge in [-0.2, -0.15) is 0 Å². The van der Waals surface area contributed by atoms with Gasteiger partial charge in [0.15, 0.2) is 0 Å². The van der Waals surface area contributed by atoms with Crippen LogP contribution in [0.15, 0.2) is 53.5 Å². The Labute approximate surface area is 168 Å². The quantitative estimate of drug-likeness (QED) is 0.759. The summed E-state index contributed by atoms with van der Waals surface area (Å²) in [5.41, 5.74) is 0.804. The minimum atomic E-state index is -0.263. The Bertz CT molecular complexity index is 889. The molecule has 2 amide bonds. The Balaban J connectivity index is 1.34. The van der Waals surface area contributed by atoms with Crippen LogP contribution in [0.3, 0.4) is 0 Å². The minimum absolute atomic E-state index is 0.00309. The van der Waals surface area contributed by atoms with Gasteiger partial charge in [0, 0.05) is 70.1 Å². The van der Waals surface area contributed by atoms with Gasteiger partial charge in [0.25, 0.3) is 5.56 Å². The summed E-state index contributed by atoms with van der Waals surface area (Å²) in [6.07, 6.45) is 2.08. The third kappa shape index (κ3) is 5.91. The van der Waals surface area contributed by atoms with Gasteiger partial charge >= 0.3 is 0 Å². The molecule has 0 radical (unpaired) electrons. The van der Waals surface area contributed by atoms with Crippen LogP contribution in [0.1, 0.15) is 12.8 Å². The molecule has 1 aliphatic heterocycles. The minimum Gasteiger partial charge on any atom is -0.368 e. The van der Waals surface area contributed by atoms with Crippen molar-refractivity contribution >= 4 is 17.5 Å². The first kappa shape index (κ1) is 20.6. The number of aryl methyl sites for hydroxylation is 1. The van der Waals surface area contributed by atoms with Crippen LogP contribution in [-0.2, 0) is 16.1 Å². The monoisotopic (exact) mass is 400 g/mol. The maximum Gasteiger partial charge on any atom is 0.250 e. The van der Waals surface area contributed by atoms with Crippen molar-refractivity contribution in [3.05, 3.63) is 64.8 Å². The molecule has 0 atom stereocenters. The number of hydrogen-bond donors (Lipinski definition) is 1. The molecule has 1 fully saturated rings. The molecule has 0 spiro atoms. The van der Waals surface area contributed by atoms with Crippen LogP contribution in [-0.4, -0.2) is 54.0 Å². The Morgan fingerprint density at radius 2 is 1.69 bits per heavy atom. The number of halogens is 1. The fourth-order valence-corrected chi connectivity index (χ4v) is 3.29. The predicted molar refractivity (Wildman–Crippen MR) is 108 cm³/mol. The number of pyridine rings is 1. The third-order valence-corrected chi connectivity index (χ3v) is 4.96. The van der Waals surface area contributed by atoms with E-state index < -0.39 is 0 Å². The molecule has 0 bridgehead atoms. The molecule has 1 aliphatic rings. The number of rotatable bonds is 7. The van der Waals surface area contributed by atoms with Crippen LogP contribution in [0.25, 0.3) is 0 Å². The highest BCUT2D eigenvalue weighted by Gasteiger charge is 2.21. The fourth-order valence-electron chi connectivity index (χ4n) is 3.29. The fraction of sp³-hybridized carbons (Fsp3) is 0.381. The normalized spacial score (nSPS) is 14.0. The second-order valence-corrected chi connectivity index (χ2v) is 6.93. The zero-order valence-corrected chi connectivity index (χ0v) is 16.2. The maximum absolute atomic E-state index is 13.0. The summed E-state index contributed by atoms with van der Waals surface area (Å²) in [6.45, 7) is 3.16. The number of carbonyl (C=O) groups is 2. The van der Waals surface area contributed by atoms with E-state index in [1.165, 1.54) is 22.8 Å². The molecule has 0 saturated carbocycles. The van der Waals surface area contributed by atoms with Crippen LogP contribution in [0, 0.1) is 5.82 Å². The van der Waals surface area contributed by atoms with Crippen molar-refractivity contribution in [2.75, 3.05) is 37.6 Å². The van der Waals surface area contributed by atoms with E-state index in [-0.39, 0.29) is 42.6 Å². The van der Waals surface area contributed by atoms with E-state index in [1.807, 2.05) is 0 Å². The summed E-state index contributed by atoms with van der Waals surface area (Å²) < 4.78 is 14.5. The molecule has 0 aliphatic carbocycles. The molecule has 8 heteroatoms. The largest absolute Gasteiger partial charge is 0.368 e. The molecule has 1 saturated heterocycles. The van der Waals surface area contributed by atoms with E-state index in [1.54, 1.807) is 35.4 Å². The summed E-state index contributed by atoms with van der Waals surface area (Å²) in [6, 6.07) is 11.2. The smallest absolute Gasteiger partial charge is 0.250 e. The van der Waals surface area contributed by atoms with Gasteiger partial charge in [-0.25, -0.2) is 4.39 Å². The van der Waals surface area contributed by atoms with Gasteiger partial charge in [-0.3, -0.25) is 14.4 Å². The lowest BCUT2D eigenvalue weighted by Crippen LogP contribution is -2.49. The molecule has 7 nitrogen and oxygen atoms in total. The molecule has 0 unspecified atom stereocenters. The summed E-state index contributed by atoms with van der Waals surface area (Å²) >= 11 is 0. The van der Waals surface area contributed by atoms with Crippen LogP contribution in [0.4, 0.5) is 10.1 Å². The number of nitrogens with one attached hydrogen (secondary N) is 1. The van der Waals surface area contributed by atoms with Crippen molar-refractivity contribution in [1.82, 2.24) is 14.8 Å². The molecule has 2 heterocycles. The maximum atomic E-state index is 13.0. The van der Waals surface area contributed by atoms with Gasteiger partial charge in [-0.15, -0.1) is 0 Å². The number of anilines is 1. The molecule has 2 aromatic rings. The zero-order chi connectivity index (χ0) is 20.6. The van der Waals surface area contributed by atoms with E-state index in [9.17, 15) is 18.8 Å². The number of aromatic nitrogens is 1. The Kier molecular flexibility index (Phi) is 6.99. The number of hydrogen-bond acceptors (Lipinski definition) is 4. The number of amides is 2. The van der Waals surface area contributed by atoms with E-state index in [2.05, 4.69) is 10.2 Å². The van der Waals surface area contributed by atoms with Crippen molar-refractivity contribution in [2.45, 2.75) is 19.4 Å². The first-order chi connectivity index (χ1) is 14.0. The molecular weight excluding hydrogens is 375 g/mol. The van der Waals surface area contributed by atoms with Gasteiger partial charge in [0.1, 0.15) is 5.82 Å². The molecule has 29 heavy (non-hydrogen) atoms. The van der Waals surface area contributed by atoms with E-state index >= 15 is 0 Å². The number of piperazine rings is 1. The van der Waals surface area contributed by atoms with Gasteiger partial charge < -0.3 is 19.7 Å². The van der Waals surface area contributed by atoms with Crippen LogP contribution in [0.5, 0.6) is 0 Å². The Morgan fingerprint density at radius 3 is 2.38 bits per heavy atom. The first-order valence-electron chi connectivity index (χ1n) is 9.73. The number of benzene rings is 1. The molecule has 1 aromatic carbocycles. The topological polar surface area (TPSA) is 74.6 Å². The highest BCUT2D eigenvalue weighted by Crippen LogP contribution is 2.17. The summed E-state index contributed by atoms with van der Waals surface area (Å²) in [4.78, 5) is 39.8. The molecule has 1 aromatic heterocycles. The molecule has 3 rings (SSSR count). The van der Waals surface area contributed by atoms with Crippen LogP contribution in [0.2, 0.25) is 0 Å². The lowest BCUT2D eigenvalue weighted by Gasteiger charge is -2.36. The summed E-state index contributed by atoms with van der Waals surface area (Å²) in [7, 11) is 0. The SMILES string of the molecule is O=C(CCn1ccccc1=O)NCCC(=O)N1CCN(c2ccc(F)cc2)CC1. The molecule has 154 valence electrons. The van der Waals surface area contributed by atoms with Gasteiger partial charge in [0.05, 0.1) is 0 Å². The highest BCUT2D eigenvalue weighted by atomic mass is 19.1. The van der Waals surface area contributed by atoms with Crippen LogP contribution < -0.4 is 15.8 Å². The molecule has 1 N–H and O–H groups in total. The van der Waals surface area contributed by atoms with Crippen molar-refractivity contribution in [3.63, 3.8) is 0 Å². The van der Waals surface area contributed by atoms with E-state index in [0.717, 1.165) is 5.69 Å². The third-order valence-electron chi connectivity index (χ3n) is 4.96. The summed E-state index contributed by atoms with van der Waals surface area (Å²) in [5, 5.41) is 2.73. The van der Waals surface area contributed by atoms with E-state index in [0.29, 0.717) is 32.7 Å². The highest BCUT2D eigenvalue weighted by molar-refractivity contribution is 5.79. The average molecular weight is 400 g/mol. The van der Waals surface area contributed by atoms with Crippen molar-refractivity contribution in [1.29, 1.82) is 0 Å². The predicted octanol–water partition coefficient (Wildman–Crippen LogP) is 1.23. The standard InChI is InChI=1S/C21H25FN4O3/c22-17-4-6-18(7-5-17)24-13-15-26(16-14-24)21(29)8-10-23-19(27)9-12-25-11-2-1-3-20(25)28/h1-7,11H,8-10,12-16H2,(H,23,27). The Morgan fingerprint density at radius 1 is 0.966 bits per heavy atom.